The summed E-state index contributed by atoms with van der Waals surface area (Å²) in [7, 11) is 0. The molecule has 0 amide bonds. The molecule has 0 heterocycles. The van der Waals surface area contributed by atoms with Crippen LogP contribution in [0.4, 0.5) is 10.1 Å². The Balaban J connectivity index is 2.01. The Labute approximate surface area is 113 Å². The van der Waals surface area contributed by atoms with Crippen LogP contribution in [0.15, 0.2) is 42.5 Å². The monoisotopic (exact) mass is 259 g/mol. The third-order valence-corrected chi connectivity index (χ3v) is 2.91. The van der Waals surface area contributed by atoms with Crippen LogP contribution < -0.4 is 10.1 Å². The maximum atomic E-state index is 12.8. The molecule has 0 unspecified atom stereocenters. The zero-order chi connectivity index (χ0) is 13.7. The van der Waals surface area contributed by atoms with E-state index in [2.05, 4.69) is 5.32 Å². The first-order chi connectivity index (χ1) is 9.19. The Bertz CT molecular complexity index is 537. The number of hydrogen-bond acceptors (Lipinski definition) is 2. The predicted molar refractivity (Wildman–Crippen MR) is 76.1 cm³/mol. The Morgan fingerprint density at radius 2 is 1.84 bits per heavy atom. The quantitative estimate of drug-likeness (QED) is 0.871. The number of hydrogen-bond donors (Lipinski definition) is 1. The van der Waals surface area contributed by atoms with Crippen LogP contribution in [0.25, 0.3) is 0 Å². The van der Waals surface area contributed by atoms with Crippen molar-refractivity contribution in [1.29, 1.82) is 0 Å². The number of nitrogens with one attached hydrogen (secondary N) is 1. The molecule has 2 nitrogen and oxygen atoms in total. The molecule has 0 saturated heterocycles. The summed E-state index contributed by atoms with van der Waals surface area (Å²) in [5.74, 6) is 0.674. The highest BCUT2D eigenvalue weighted by atomic mass is 19.1. The molecule has 2 rings (SSSR count). The van der Waals surface area contributed by atoms with Crippen molar-refractivity contribution < 1.29 is 9.13 Å². The van der Waals surface area contributed by atoms with Crippen LogP contribution in [0, 0.1) is 12.7 Å². The number of benzene rings is 2. The topological polar surface area (TPSA) is 21.3 Å². The van der Waals surface area contributed by atoms with Gasteiger partial charge in [0.2, 0.25) is 0 Å². The molecule has 19 heavy (non-hydrogen) atoms. The molecule has 0 aliphatic carbocycles. The van der Waals surface area contributed by atoms with Gasteiger partial charge in [0.25, 0.3) is 0 Å². The minimum absolute atomic E-state index is 0.207. The predicted octanol–water partition coefficient (Wildman–Crippen LogP) is 4.14. The minimum atomic E-state index is -0.207. The molecule has 100 valence electrons. The van der Waals surface area contributed by atoms with E-state index < -0.39 is 0 Å². The van der Waals surface area contributed by atoms with Crippen molar-refractivity contribution in [1.82, 2.24) is 0 Å². The Morgan fingerprint density at radius 3 is 2.47 bits per heavy atom. The van der Waals surface area contributed by atoms with Gasteiger partial charge in [0, 0.05) is 12.2 Å². The van der Waals surface area contributed by atoms with Crippen molar-refractivity contribution in [2.45, 2.75) is 20.4 Å². The number of halogens is 1. The lowest BCUT2D eigenvalue weighted by Crippen LogP contribution is -2.01. The zero-order valence-corrected chi connectivity index (χ0v) is 11.2. The summed E-state index contributed by atoms with van der Waals surface area (Å²) >= 11 is 0. The van der Waals surface area contributed by atoms with Gasteiger partial charge in [-0.05, 0) is 55.3 Å². The van der Waals surface area contributed by atoms with E-state index in [1.807, 2.05) is 32.0 Å². The minimum Gasteiger partial charge on any atom is -0.494 e. The molecular formula is C16H18FNO. The van der Waals surface area contributed by atoms with Gasteiger partial charge in [0.15, 0.2) is 0 Å². The van der Waals surface area contributed by atoms with Crippen LogP contribution in [0.5, 0.6) is 5.75 Å². The van der Waals surface area contributed by atoms with E-state index >= 15 is 0 Å². The molecule has 0 fully saturated rings. The second-order valence-corrected chi connectivity index (χ2v) is 4.39. The third kappa shape index (κ3) is 3.71. The van der Waals surface area contributed by atoms with Crippen molar-refractivity contribution in [3.63, 3.8) is 0 Å². The van der Waals surface area contributed by atoms with Crippen molar-refractivity contribution in [2.75, 3.05) is 11.9 Å². The fourth-order valence-corrected chi connectivity index (χ4v) is 1.89. The van der Waals surface area contributed by atoms with Gasteiger partial charge >= 0.3 is 0 Å². The summed E-state index contributed by atoms with van der Waals surface area (Å²) in [6.07, 6.45) is 0. The molecule has 0 saturated carbocycles. The van der Waals surface area contributed by atoms with Gasteiger partial charge in [-0.25, -0.2) is 4.39 Å². The molecule has 0 radical (unpaired) electrons. The van der Waals surface area contributed by atoms with E-state index in [0.717, 1.165) is 22.6 Å². The highest BCUT2D eigenvalue weighted by molar-refractivity contribution is 5.53. The third-order valence-electron chi connectivity index (χ3n) is 2.91. The van der Waals surface area contributed by atoms with Crippen molar-refractivity contribution in [3.8, 4) is 5.75 Å². The summed E-state index contributed by atoms with van der Waals surface area (Å²) in [4.78, 5) is 0. The normalized spacial score (nSPS) is 10.3. The maximum absolute atomic E-state index is 12.8. The van der Waals surface area contributed by atoms with Crippen molar-refractivity contribution >= 4 is 5.69 Å². The molecule has 0 aliphatic rings. The van der Waals surface area contributed by atoms with E-state index in [1.165, 1.54) is 12.1 Å². The second-order valence-electron chi connectivity index (χ2n) is 4.39. The van der Waals surface area contributed by atoms with Crippen LogP contribution >= 0.6 is 0 Å². The summed E-state index contributed by atoms with van der Waals surface area (Å²) in [6.45, 7) is 5.35. The van der Waals surface area contributed by atoms with E-state index in [9.17, 15) is 4.39 Å². The number of ether oxygens (including phenoxy) is 1. The fraction of sp³-hybridized carbons (Fsp3) is 0.250. The molecule has 0 bridgehead atoms. The van der Waals surface area contributed by atoms with E-state index in [4.69, 9.17) is 4.74 Å². The first-order valence-corrected chi connectivity index (χ1v) is 6.41. The molecule has 2 aromatic rings. The lowest BCUT2D eigenvalue weighted by molar-refractivity contribution is 0.340. The Morgan fingerprint density at radius 1 is 1.11 bits per heavy atom. The average Bonchev–Trinajstić information content (AvgIpc) is 2.40. The second kappa shape index (κ2) is 6.23. The van der Waals surface area contributed by atoms with Gasteiger partial charge < -0.3 is 10.1 Å². The molecule has 0 aromatic heterocycles. The van der Waals surface area contributed by atoms with Gasteiger partial charge in [-0.3, -0.25) is 0 Å². The fourth-order valence-electron chi connectivity index (χ4n) is 1.89. The highest BCUT2D eigenvalue weighted by Crippen LogP contribution is 2.22. The van der Waals surface area contributed by atoms with Crippen LogP contribution in [0.2, 0.25) is 0 Å². The Hall–Kier alpha value is -2.03. The first-order valence-electron chi connectivity index (χ1n) is 6.41. The molecule has 2 aromatic carbocycles. The first kappa shape index (κ1) is 13.4. The lowest BCUT2D eigenvalue weighted by atomic mass is 10.1. The number of aryl methyl sites for hydroxylation is 1. The molecule has 1 N–H and O–H groups in total. The average molecular weight is 259 g/mol. The molecule has 0 spiro atoms. The lowest BCUT2D eigenvalue weighted by Gasteiger charge is -2.11. The Kier molecular flexibility index (Phi) is 4.39. The van der Waals surface area contributed by atoms with Gasteiger partial charge in [-0.15, -0.1) is 0 Å². The highest BCUT2D eigenvalue weighted by Gasteiger charge is 2.01. The van der Waals surface area contributed by atoms with E-state index in [1.54, 1.807) is 12.1 Å². The summed E-state index contributed by atoms with van der Waals surface area (Å²) in [6, 6.07) is 12.5. The van der Waals surface area contributed by atoms with Crippen LogP contribution in [-0.4, -0.2) is 6.61 Å². The molecule has 3 heteroatoms. The maximum Gasteiger partial charge on any atom is 0.123 e. The van der Waals surface area contributed by atoms with Gasteiger partial charge in [-0.1, -0.05) is 12.1 Å². The van der Waals surface area contributed by atoms with Crippen LogP contribution in [0.3, 0.4) is 0 Å². The summed E-state index contributed by atoms with van der Waals surface area (Å²) < 4.78 is 18.2. The molecular weight excluding hydrogens is 241 g/mol. The van der Waals surface area contributed by atoms with E-state index in [-0.39, 0.29) is 5.82 Å². The van der Waals surface area contributed by atoms with Crippen molar-refractivity contribution in [2.24, 2.45) is 0 Å². The number of anilines is 1. The summed E-state index contributed by atoms with van der Waals surface area (Å²) in [5.41, 5.74) is 3.25. The smallest absolute Gasteiger partial charge is 0.123 e. The van der Waals surface area contributed by atoms with E-state index in [0.29, 0.717) is 13.2 Å². The van der Waals surface area contributed by atoms with Crippen LogP contribution in [0.1, 0.15) is 18.1 Å². The molecule has 0 aliphatic heterocycles. The SMILES string of the molecule is CCOc1ccc(NCc2ccc(F)cc2)c(C)c1. The standard InChI is InChI=1S/C16H18FNO/c1-3-19-15-8-9-16(12(2)10-15)18-11-13-4-6-14(17)7-5-13/h4-10,18H,3,11H2,1-2H3. The van der Waals surface area contributed by atoms with Gasteiger partial charge in [-0.2, -0.15) is 0 Å². The van der Waals surface area contributed by atoms with Gasteiger partial charge in [0.05, 0.1) is 6.61 Å². The largest absolute Gasteiger partial charge is 0.494 e. The van der Waals surface area contributed by atoms with Gasteiger partial charge in [0.1, 0.15) is 11.6 Å². The zero-order valence-electron chi connectivity index (χ0n) is 11.2. The number of rotatable bonds is 5. The van der Waals surface area contributed by atoms with Crippen LogP contribution in [-0.2, 0) is 6.54 Å². The summed E-state index contributed by atoms with van der Waals surface area (Å²) in [5, 5.41) is 3.34. The molecule has 0 atom stereocenters. The van der Waals surface area contributed by atoms with Crippen molar-refractivity contribution in [3.05, 3.63) is 59.4 Å².